The Balaban J connectivity index is 1.91. The van der Waals surface area contributed by atoms with E-state index in [0.717, 1.165) is 44.8 Å². The maximum Gasteiger partial charge on any atom is 0.0594 e. The number of hydrogen-bond donors (Lipinski definition) is 1. The molecule has 2 N–H and O–H groups in total. The van der Waals surface area contributed by atoms with Gasteiger partial charge in [0.15, 0.2) is 0 Å². The molecule has 1 aliphatic heterocycles. The van der Waals surface area contributed by atoms with Crippen LogP contribution in [0.1, 0.15) is 25.7 Å². The normalized spacial score (nSPS) is 35.8. The first-order chi connectivity index (χ1) is 6.92. The Morgan fingerprint density at radius 2 is 1.86 bits per heavy atom. The zero-order valence-electron chi connectivity index (χ0n) is 8.95. The van der Waals surface area contributed by atoms with Crippen molar-refractivity contribution in [1.29, 1.82) is 0 Å². The van der Waals surface area contributed by atoms with Gasteiger partial charge in [0.2, 0.25) is 0 Å². The van der Waals surface area contributed by atoms with Crippen molar-refractivity contribution in [1.82, 2.24) is 4.90 Å². The van der Waals surface area contributed by atoms with Crippen LogP contribution in [-0.4, -0.2) is 43.8 Å². The van der Waals surface area contributed by atoms with Crippen LogP contribution in [0.15, 0.2) is 0 Å². The molecule has 0 unspecified atom stereocenters. The van der Waals surface area contributed by atoms with Gasteiger partial charge in [-0.05, 0) is 25.3 Å². The van der Waals surface area contributed by atoms with Crippen LogP contribution < -0.4 is 5.73 Å². The van der Waals surface area contributed by atoms with E-state index in [2.05, 4.69) is 4.90 Å². The molecule has 3 nitrogen and oxygen atoms in total. The highest BCUT2D eigenvalue weighted by molar-refractivity contribution is 4.84. The predicted octanol–water partition coefficient (Wildman–Crippen LogP) is 0.836. The standard InChI is InChI=1S/C11H22N2O/c12-9-10-3-1-2-4-11(10)13-5-7-14-8-6-13/h10-11H,1-9,12H2/t10-,11-/m1/s1. The number of morpholine rings is 1. The number of ether oxygens (including phenoxy) is 1. The smallest absolute Gasteiger partial charge is 0.0594 e. The Kier molecular flexibility index (Phi) is 3.79. The van der Waals surface area contributed by atoms with E-state index in [1.54, 1.807) is 0 Å². The van der Waals surface area contributed by atoms with Crippen LogP contribution in [0.4, 0.5) is 0 Å². The van der Waals surface area contributed by atoms with Gasteiger partial charge in [-0.1, -0.05) is 12.8 Å². The molecule has 1 saturated heterocycles. The monoisotopic (exact) mass is 198 g/mol. The average molecular weight is 198 g/mol. The molecular formula is C11H22N2O. The molecule has 2 rings (SSSR count). The molecule has 1 aliphatic carbocycles. The summed E-state index contributed by atoms with van der Waals surface area (Å²) in [6.07, 6.45) is 5.45. The molecule has 14 heavy (non-hydrogen) atoms. The van der Waals surface area contributed by atoms with Gasteiger partial charge in [-0.25, -0.2) is 0 Å². The fourth-order valence-corrected chi connectivity index (χ4v) is 2.85. The van der Waals surface area contributed by atoms with Gasteiger partial charge in [0.1, 0.15) is 0 Å². The van der Waals surface area contributed by atoms with E-state index in [-0.39, 0.29) is 0 Å². The van der Waals surface area contributed by atoms with E-state index in [4.69, 9.17) is 10.5 Å². The zero-order valence-corrected chi connectivity index (χ0v) is 8.95. The number of nitrogens with two attached hydrogens (primary N) is 1. The summed E-state index contributed by atoms with van der Waals surface area (Å²) < 4.78 is 5.39. The molecule has 0 amide bonds. The summed E-state index contributed by atoms with van der Waals surface area (Å²) in [5.41, 5.74) is 5.84. The maximum absolute atomic E-state index is 5.84. The molecule has 0 aromatic carbocycles. The first-order valence-corrected chi connectivity index (χ1v) is 5.93. The maximum atomic E-state index is 5.84. The quantitative estimate of drug-likeness (QED) is 0.714. The van der Waals surface area contributed by atoms with Crippen molar-refractivity contribution in [2.75, 3.05) is 32.8 Å². The van der Waals surface area contributed by atoms with Crippen molar-refractivity contribution in [3.63, 3.8) is 0 Å². The molecule has 2 aliphatic rings. The predicted molar refractivity (Wildman–Crippen MR) is 57.2 cm³/mol. The topological polar surface area (TPSA) is 38.5 Å². The highest BCUT2D eigenvalue weighted by atomic mass is 16.5. The zero-order chi connectivity index (χ0) is 9.80. The molecule has 2 atom stereocenters. The van der Waals surface area contributed by atoms with Crippen molar-refractivity contribution in [3.8, 4) is 0 Å². The van der Waals surface area contributed by atoms with Crippen molar-refractivity contribution in [3.05, 3.63) is 0 Å². The Morgan fingerprint density at radius 3 is 2.57 bits per heavy atom. The van der Waals surface area contributed by atoms with Gasteiger partial charge in [-0.3, -0.25) is 4.90 Å². The minimum Gasteiger partial charge on any atom is -0.379 e. The van der Waals surface area contributed by atoms with E-state index in [1.165, 1.54) is 25.7 Å². The third-order valence-corrected chi connectivity index (χ3v) is 3.69. The lowest BCUT2D eigenvalue weighted by atomic mass is 9.83. The summed E-state index contributed by atoms with van der Waals surface area (Å²) in [4.78, 5) is 2.60. The van der Waals surface area contributed by atoms with Gasteiger partial charge in [0, 0.05) is 19.1 Å². The summed E-state index contributed by atoms with van der Waals surface area (Å²) in [6.45, 7) is 4.91. The van der Waals surface area contributed by atoms with E-state index >= 15 is 0 Å². The minimum atomic E-state index is 0.738. The molecule has 3 heteroatoms. The van der Waals surface area contributed by atoms with Gasteiger partial charge < -0.3 is 10.5 Å². The fourth-order valence-electron chi connectivity index (χ4n) is 2.85. The Labute approximate surface area is 86.6 Å². The van der Waals surface area contributed by atoms with Crippen molar-refractivity contribution in [2.24, 2.45) is 11.7 Å². The molecule has 0 aromatic rings. The van der Waals surface area contributed by atoms with Crippen LogP contribution in [0.2, 0.25) is 0 Å². The van der Waals surface area contributed by atoms with Gasteiger partial charge in [-0.2, -0.15) is 0 Å². The van der Waals surface area contributed by atoms with E-state index in [1.807, 2.05) is 0 Å². The third kappa shape index (κ3) is 2.27. The van der Waals surface area contributed by atoms with Crippen LogP contribution in [0.5, 0.6) is 0 Å². The van der Waals surface area contributed by atoms with Crippen molar-refractivity contribution >= 4 is 0 Å². The summed E-state index contributed by atoms with van der Waals surface area (Å²) in [5.74, 6) is 0.738. The number of rotatable bonds is 2. The Hall–Kier alpha value is -0.120. The average Bonchev–Trinajstić information content (AvgIpc) is 2.30. The molecule has 82 valence electrons. The first kappa shape index (κ1) is 10.4. The highest BCUT2D eigenvalue weighted by Gasteiger charge is 2.29. The molecule has 1 heterocycles. The molecule has 2 fully saturated rings. The minimum absolute atomic E-state index is 0.738. The van der Waals surface area contributed by atoms with Crippen LogP contribution in [0, 0.1) is 5.92 Å². The SMILES string of the molecule is NC[C@H]1CCCC[C@H]1N1CCOCC1. The summed E-state index contributed by atoms with van der Waals surface area (Å²) in [5, 5.41) is 0. The van der Waals surface area contributed by atoms with Gasteiger partial charge in [0.05, 0.1) is 13.2 Å². The lowest BCUT2D eigenvalue weighted by molar-refractivity contribution is -0.00597. The fraction of sp³-hybridized carbons (Fsp3) is 1.00. The first-order valence-electron chi connectivity index (χ1n) is 5.93. The second-order valence-corrected chi connectivity index (χ2v) is 4.50. The van der Waals surface area contributed by atoms with Crippen LogP contribution in [-0.2, 0) is 4.74 Å². The van der Waals surface area contributed by atoms with Crippen LogP contribution >= 0.6 is 0 Å². The van der Waals surface area contributed by atoms with Crippen LogP contribution in [0.25, 0.3) is 0 Å². The lowest BCUT2D eigenvalue weighted by Crippen LogP contribution is -2.49. The number of nitrogens with zero attached hydrogens (tertiary/aromatic N) is 1. The third-order valence-electron chi connectivity index (χ3n) is 3.69. The van der Waals surface area contributed by atoms with Gasteiger partial charge in [-0.15, -0.1) is 0 Å². The second-order valence-electron chi connectivity index (χ2n) is 4.50. The molecular weight excluding hydrogens is 176 g/mol. The Bertz CT molecular complexity index is 169. The molecule has 1 saturated carbocycles. The summed E-state index contributed by atoms with van der Waals surface area (Å²) in [7, 11) is 0. The molecule has 0 spiro atoms. The van der Waals surface area contributed by atoms with Gasteiger partial charge >= 0.3 is 0 Å². The molecule has 0 radical (unpaired) electrons. The van der Waals surface area contributed by atoms with Crippen molar-refractivity contribution < 1.29 is 4.74 Å². The highest BCUT2D eigenvalue weighted by Crippen LogP contribution is 2.28. The van der Waals surface area contributed by atoms with Crippen LogP contribution in [0.3, 0.4) is 0 Å². The van der Waals surface area contributed by atoms with Gasteiger partial charge in [0.25, 0.3) is 0 Å². The van der Waals surface area contributed by atoms with E-state index < -0.39 is 0 Å². The van der Waals surface area contributed by atoms with E-state index in [0.29, 0.717) is 0 Å². The summed E-state index contributed by atoms with van der Waals surface area (Å²) >= 11 is 0. The Morgan fingerprint density at radius 1 is 1.14 bits per heavy atom. The lowest BCUT2D eigenvalue weighted by Gasteiger charge is -2.41. The largest absolute Gasteiger partial charge is 0.379 e. The molecule has 0 aromatic heterocycles. The van der Waals surface area contributed by atoms with Crippen molar-refractivity contribution in [2.45, 2.75) is 31.7 Å². The summed E-state index contributed by atoms with van der Waals surface area (Å²) in [6, 6.07) is 0.748. The second kappa shape index (κ2) is 5.10. The van der Waals surface area contributed by atoms with E-state index in [9.17, 15) is 0 Å². The number of hydrogen-bond acceptors (Lipinski definition) is 3. The molecule has 0 bridgehead atoms.